The third kappa shape index (κ3) is 4.24. The van der Waals surface area contributed by atoms with E-state index in [1.165, 1.54) is 0 Å². The molecule has 2 aromatic rings. The summed E-state index contributed by atoms with van der Waals surface area (Å²) in [6.07, 6.45) is 0.797. The maximum atomic E-state index is 12.5. The molecule has 2 N–H and O–H groups in total. The molecule has 0 radical (unpaired) electrons. The highest BCUT2D eigenvalue weighted by Gasteiger charge is 2.15. The molecule has 0 bridgehead atoms. The molecule has 0 spiro atoms. The first kappa shape index (κ1) is 17.6. The van der Waals surface area contributed by atoms with Crippen LogP contribution in [0.15, 0.2) is 36.4 Å². The standard InChI is InChI=1S/C19H19NO6/c1-12-9-14(26-11-18(21)22)4-5-15(12)20-19(23)13-3-6-16-17(10-13)25-8-2-7-24-16/h3-6,9-10H,2,7-8,11H2,1H3,(H,20,23)(H,21,22). The van der Waals surface area contributed by atoms with Crippen LogP contribution in [0.5, 0.6) is 17.2 Å². The van der Waals surface area contributed by atoms with Gasteiger partial charge in [-0.25, -0.2) is 4.79 Å². The van der Waals surface area contributed by atoms with E-state index in [0.717, 1.165) is 12.0 Å². The number of carbonyl (C=O) groups is 2. The molecule has 0 saturated carbocycles. The van der Waals surface area contributed by atoms with Crippen molar-refractivity contribution in [1.29, 1.82) is 0 Å². The van der Waals surface area contributed by atoms with Crippen LogP contribution in [-0.2, 0) is 4.79 Å². The van der Waals surface area contributed by atoms with Crippen molar-refractivity contribution in [2.45, 2.75) is 13.3 Å². The predicted octanol–water partition coefficient (Wildman–Crippen LogP) is 2.87. The minimum atomic E-state index is -1.05. The Bertz CT molecular complexity index is 833. The Balaban J connectivity index is 1.71. The van der Waals surface area contributed by atoms with Gasteiger partial charge >= 0.3 is 5.97 Å². The fourth-order valence-electron chi connectivity index (χ4n) is 2.51. The van der Waals surface area contributed by atoms with E-state index < -0.39 is 12.6 Å². The van der Waals surface area contributed by atoms with Gasteiger partial charge in [0, 0.05) is 17.7 Å². The Labute approximate surface area is 150 Å². The third-order valence-electron chi connectivity index (χ3n) is 3.82. The molecule has 1 heterocycles. The molecular weight excluding hydrogens is 338 g/mol. The smallest absolute Gasteiger partial charge is 0.341 e. The Kier molecular flexibility index (Phi) is 5.26. The van der Waals surface area contributed by atoms with Gasteiger partial charge in [0.1, 0.15) is 5.75 Å². The maximum Gasteiger partial charge on any atom is 0.341 e. The number of benzene rings is 2. The van der Waals surface area contributed by atoms with Crippen molar-refractivity contribution in [1.82, 2.24) is 0 Å². The molecule has 0 atom stereocenters. The van der Waals surface area contributed by atoms with Gasteiger partial charge in [0.05, 0.1) is 13.2 Å². The summed E-state index contributed by atoms with van der Waals surface area (Å²) in [5.41, 5.74) is 1.83. The molecule has 7 heteroatoms. The quantitative estimate of drug-likeness (QED) is 0.855. The van der Waals surface area contributed by atoms with Crippen LogP contribution in [-0.4, -0.2) is 36.8 Å². The van der Waals surface area contributed by atoms with Gasteiger partial charge in [-0.3, -0.25) is 4.79 Å². The van der Waals surface area contributed by atoms with Gasteiger partial charge in [-0.1, -0.05) is 0 Å². The lowest BCUT2D eigenvalue weighted by molar-refractivity contribution is -0.139. The number of fused-ring (bicyclic) bond motifs is 1. The molecule has 7 nitrogen and oxygen atoms in total. The number of amides is 1. The summed E-state index contributed by atoms with van der Waals surface area (Å²) in [4.78, 5) is 23.1. The zero-order chi connectivity index (χ0) is 18.5. The number of carbonyl (C=O) groups excluding carboxylic acids is 1. The number of aliphatic carboxylic acids is 1. The summed E-state index contributed by atoms with van der Waals surface area (Å²) in [5, 5.41) is 11.5. The molecule has 3 rings (SSSR count). The second-order valence-corrected chi connectivity index (χ2v) is 5.83. The fraction of sp³-hybridized carbons (Fsp3) is 0.263. The monoisotopic (exact) mass is 357 g/mol. The van der Waals surface area contributed by atoms with Gasteiger partial charge in [-0.15, -0.1) is 0 Å². The highest BCUT2D eigenvalue weighted by Crippen LogP contribution is 2.31. The van der Waals surface area contributed by atoms with Crippen molar-refractivity contribution in [3.8, 4) is 17.2 Å². The van der Waals surface area contributed by atoms with E-state index in [9.17, 15) is 9.59 Å². The van der Waals surface area contributed by atoms with Crippen molar-refractivity contribution >= 4 is 17.6 Å². The first-order valence-corrected chi connectivity index (χ1v) is 8.19. The number of ether oxygens (including phenoxy) is 3. The molecular formula is C19H19NO6. The zero-order valence-corrected chi connectivity index (χ0v) is 14.3. The van der Waals surface area contributed by atoms with Crippen molar-refractivity contribution in [2.75, 3.05) is 25.1 Å². The van der Waals surface area contributed by atoms with E-state index in [1.54, 1.807) is 43.3 Å². The number of aryl methyl sites for hydroxylation is 1. The van der Waals surface area contributed by atoms with Crippen LogP contribution in [0.2, 0.25) is 0 Å². The molecule has 1 amide bonds. The summed E-state index contributed by atoms with van der Waals surface area (Å²) >= 11 is 0. The lowest BCUT2D eigenvalue weighted by atomic mass is 10.1. The van der Waals surface area contributed by atoms with Gasteiger partial charge in [-0.2, -0.15) is 0 Å². The lowest BCUT2D eigenvalue weighted by Crippen LogP contribution is -2.13. The van der Waals surface area contributed by atoms with Crippen LogP contribution < -0.4 is 19.5 Å². The molecule has 26 heavy (non-hydrogen) atoms. The molecule has 1 aliphatic heterocycles. The SMILES string of the molecule is Cc1cc(OCC(=O)O)ccc1NC(=O)c1ccc2c(c1)OCCCO2. The molecule has 0 fully saturated rings. The largest absolute Gasteiger partial charge is 0.490 e. The Hall–Kier alpha value is -3.22. The van der Waals surface area contributed by atoms with E-state index in [1.807, 2.05) is 0 Å². The number of hydrogen-bond donors (Lipinski definition) is 2. The zero-order valence-electron chi connectivity index (χ0n) is 14.3. The van der Waals surface area contributed by atoms with E-state index in [-0.39, 0.29) is 5.91 Å². The van der Waals surface area contributed by atoms with Crippen molar-refractivity contribution in [2.24, 2.45) is 0 Å². The Morgan fingerprint density at radius 1 is 1.12 bits per heavy atom. The molecule has 1 aliphatic rings. The Morgan fingerprint density at radius 2 is 1.88 bits per heavy atom. The molecule has 0 unspecified atom stereocenters. The number of carboxylic acid groups (broad SMARTS) is 1. The number of nitrogens with one attached hydrogen (secondary N) is 1. The molecule has 2 aromatic carbocycles. The lowest BCUT2D eigenvalue weighted by Gasteiger charge is -2.12. The summed E-state index contributed by atoms with van der Waals surface area (Å²) in [6, 6.07) is 10.0. The minimum absolute atomic E-state index is 0.275. The summed E-state index contributed by atoms with van der Waals surface area (Å²) < 4.78 is 16.3. The number of hydrogen-bond acceptors (Lipinski definition) is 5. The van der Waals surface area contributed by atoms with Gasteiger partial charge in [0.2, 0.25) is 0 Å². The van der Waals surface area contributed by atoms with Crippen LogP contribution in [0.1, 0.15) is 22.3 Å². The van der Waals surface area contributed by atoms with E-state index in [4.69, 9.17) is 19.3 Å². The first-order valence-electron chi connectivity index (χ1n) is 8.19. The van der Waals surface area contributed by atoms with E-state index in [0.29, 0.717) is 41.7 Å². The predicted molar refractivity (Wildman–Crippen MR) is 94.3 cm³/mol. The van der Waals surface area contributed by atoms with Gasteiger partial charge in [0.25, 0.3) is 5.91 Å². The number of anilines is 1. The summed E-state index contributed by atoms with van der Waals surface area (Å²) in [5.74, 6) is 0.301. The van der Waals surface area contributed by atoms with Gasteiger partial charge in [-0.05, 0) is 48.9 Å². The third-order valence-corrected chi connectivity index (χ3v) is 3.82. The second kappa shape index (κ2) is 7.77. The van der Waals surface area contributed by atoms with E-state index in [2.05, 4.69) is 5.32 Å². The van der Waals surface area contributed by atoms with Crippen LogP contribution >= 0.6 is 0 Å². The van der Waals surface area contributed by atoms with Crippen LogP contribution in [0.4, 0.5) is 5.69 Å². The topological polar surface area (TPSA) is 94.1 Å². The van der Waals surface area contributed by atoms with Crippen molar-refractivity contribution in [3.63, 3.8) is 0 Å². The van der Waals surface area contributed by atoms with Gasteiger partial charge < -0.3 is 24.6 Å². The summed E-state index contributed by atoms with van der Waals surface area (Å²) in [7, 11) is 0. The summed E-state index contributed by atoms with van der Waals surface area (Å²) in [6.45, 7) is 2.53. The number of rotatable bonds is 5. The van der Waals surface area contributed by atoms with Crippen molar-refractivity contribution < 1.29 is 28.9 Å². The molecule has 136 valence electrons. The first-order chi connectivity index (χ1) is 12.5. The van der Waals surface area contributed by atoms with Crippen LogP contribution in [0, 0.1) is 6.92 Å². The molecule has 0 saturated heterocycles. The van der Waals surface area contributed by atoms with E-state index >= 15 is 0 Å². The number of carboxylic acids is 1. The highest BCUT2D eigenvalue weighted by molar-refractivity contribution is 6.05. The highest BCUT2D eigenvalue weighted by atomic mass is 16.5. The normalized spacial score (nSPS) is 12.8. The molecule has 0 aromatic heterocycles. The second-order valence-electron chi connectivity index (χ2n) is 5.83. The van der Waals surface area contributed by atoms with Crippen LogP contribution in [0.3, 0.4) is 0 Å². The fourth-order valence-corrected chi connectivity index (χ4v) is 2.51. The maximum absolute atomic E-state index is 12.5. The van der Waals surface area contributed by atoms with Crippen molar-refractivity contribution in [3.05, 3.63) is 47.5 Å². The average molecular weight is 357 g/mol. The van der Waals surface area contributed by atoms with Crippen LogP contribution in [0.25, 0.3) is 0 Å². The molecule has 0 aliphatic carbocycles. The Morgan fingerprint density at radius 3 is 2.62 bits per heavy atom. The minimum Gasteiger partial charge on any atom is -0.490 e. The average Bonchev–Trinajstić information content (AvgIpc) is 2.86. The van der Waals surface area contributed by atoms with Gasteiger partial charge in [0.15, 0.2) is 18.1 Å².